The Morgan fingerprint density at radius 1 is 1.56 bits per heavy atom. The first-order valence-electron chi connectivity index (χ1n) is 6.29. The number of ether oxygens (including phenoxy) is 1. The van der Waals surface area contributed by atoms with Crippen LogP contribution in [0, 0.1) is 5.92 Å². The Labute approximate surface area is 113 Å². The van der Waals surface area contributed by atoms with E-state index in [1.807, 2.05) is 0 Å². The molecule has 0 unspecified atom stereocenters. The lowest BCUT2D eigenvalue weighted by molar-refractivity contribution is -0.132. The van der Waals surface area contributed by atoms with E-state index in [0.29, 0.717) is 30.7 Å². The molecule has 1 aliphatic heterocycles. The number of hydrogen-bond donors (Lipinski definition) is 1. The van der Waals surface area contributed by atoms with E-state index in [1.54, 1.807) is 16.7 Å². The summed E-state index contributed by atoms with van der Waals surface area (Å²) in [5.74, 6) is 1.63. The Morgan fingerprint density at radius 2 is 2.33 bits per heavy atom. The number of carbonyl (C=O) groups is 2. The fourth-order valence-corrected chi connectivity index (χ4v) is 2.39. The Balaban J connectivity index is 1.98. The maximum absolute atomic E-state index is 11.5. The van der Waals surface area contributed by atoms with Crippen LogP contribution in [0.4, 0.5) is 0 Å². The third-order valence-corrected chi connectivity index (χ3v) is 3.34. The van der Waals surface area contributed by atoms with E-state index in [1.165, 1.54) is 0 Å². The molecule has 5 nitrogen and oxygen atoms in total. The standard InChI is InChI=1S/C12H22N2O3S/c1-10(2)7-17-5-3-4-13-11(15)6-14-9-18-8-12(14)16/h10H,3-9H2,1-2H3,(H,13,15). The summed E-state index contributed by atoms with van der Waals surface area (Å²) in [4.78, 5) is 24.4. The quantitative estimate of drug-likeness (QED) is 0.662. The van der Waals surface area contributed by atoms with Crippen molar-refractivity contribution < 1.29 is 14.3 Å². The van der Waals surface area contributed by atoms with E-state index in [0.717, 1.165) is 13.0 Å². The summed E-state index contributed by atoms with van der Waals surface area (Å²) < 4.78 is 5.41. The van der Waals surface area contributed by atoms with Gasteiger partial charge in [-0.25, -0.2) is 0 Å². The van der Waals surface area contributed by atoms with Crippen LogP contribution >= 0.6 is 11.8 Å². The zero-order valence-electron chi connectivity index (χ0n) is 11.1. The fourth-order valence-electron chi connectivity index (χ4n) is 1.49. The van der Waals surface area contributed by atoms with Crippen molar-refractivity contribution in [3.8, 4) is 0 Å². The SMILES string of the molecule is CC(C)COCCCNC(=O)CN1CSCC1=O. The van der Waals surface area contributed by atoms with Crippen molar-refractivity contribution in [3.63, 3.8) is 0 Å². The number of nitrogens with zero attached hydrogens (tertiary/aromatic N) is 1. The second-order valence-corrected chi connectivity index (χ2v) is 5.70. The number of amides is 2. The van der Waals surface area contributed by atoms with E-state index in [9.17, 15) is 9.59 Å². The van der Waals surface area contributed by atoms with Crippen LogP contribution < -0.4 is 5.32 Å². The highest BCUT2D eigenvalue weighted by Gasteiger charge is 2.22. The summed E-state index contributed by atoms with van der Waals surface area (Å²) in [5.41, 5.74) is 0. The Morgan fingerprint density at radius 3 is 2.94 bits per heavy atom. The second kappa shape index (κ2) is 8.37. The van der Waals surface area contributed by atoms with Gasteiger partial charge in [-0.15, -0.1) is 11.8 Å². The molecule has 0 aliphatic carbocycles. The van der Waals surface area contributed by atoms with Gasteiger partial charge in [-0.05, 0) is 12.3 Å². The van der Waals surface area contributed by atoms with Gasteiger partial charge in [0.2, 0.25) is 11.8 Å². The number of rotatable bonds is 8. The molecule has 0 aromatic heterocycles. The summed E-state index contributed by atoms with van der Waals surface area (Å²) in [6.45, 7) is 6.41. The normalized spacial score (nSPS) is 15.5. The molecule has 6 heteroatoms. The van der Waals surface area contributed by atoms with Crippen LogP contribution in [-0.2, 0) is 14.3 Å². The van der Waals surface area contributed by atoms with Crippen molar-refractivity contribution in [2.45, 2.75) is 20.3 Å². The number of hydrogen-bond acceptors (Lipinski definition) is 4. The molecule has 18 heavy (non-hydrogen) atoms. The Hall–Kier alpha value is -0.750. The first kappa shape index (κ1) is 15.3. The first-order valence-corrected chi connectivity index (χ1v) is 7.45. The summed E-state index contributed by atoms with van der Waals surface area (Å²) in [6.07, 6.45) is 0.807. The zero-order chi connectivity index (χ0) is 13.4. The minimum atomic E-state index is -0.0882. The smallest absolute Gasteiger partial charge is 0.239 e. The monoisotopic (exact) mass is 274 g/mol. The van der Waals surface area contributed by atoms with Crippen molar-refractivity contribution >= 4 is 23.6 Å². The molecule has 2 amide bonds. The minimum absolute atomic E-state index is 0.0513. The molecule has 1 heterocycles. The molecule has 0 saturated carbocycles. The van der Waals surface area contributed by atoms with Gasteiger partial charge >= 0.3 is 0 Å². The highest BCUT2D eigenvalue weighted by molar-refractivity contribution is 8.00. The average molecular weight is 274 g/mol. The molecular weight excluding hydrogens is 252 g/mol. The molecule has 0 spiro atoms. The summed E-state index contributed by atoms with van der Waals surface area (Å²) in [7, 11) is 0. The van der Waals surface area contributed by atoms with Crippen LogP contribution in [0.25, 0.3) is 0 Å². The number of carbonyl (C=O) groups excluding carboxylic acids is 2. The van der Waals surface area contributed by atoms with Crippen LogP contribution in [0.5, 0.6) is 0 Å². The molecule has 0 aromatic carbocycles. The number of thioether (sulfide) groups is 1. The lowest BCUT2D eigenvalue weighted by Crippen LogP contribution is -2.38. The van der Waals surface area contributed by atoms with E-state index < -0.39 is 0 Å². The van der Waals surface area contributed by atoms with Crippen molar-refractivity contribution in [3.05, 3.63) is 0 Å². The lowest BCUT2D eigenvalue weighted by atomic mass is 10.2. The van der Waals surface area contributed by atoms with Gasteiger partial charge in [0, 0.05) is 19.8 Å². The topological polar surface area (TPSA) is 58.6 Å². The van der Waals surface area contributed by atoms with E-state index >= 15 is 0 Å². The van der Waals surface area contributed by atoms with Crippen LogP contribution in [0.1, 0.15) is 20.3 Å². The molecule has 1 fully saturated rings. The van der Waals surface area contributed by atoms with Gasteiger partial charge in [0.05, 0.1) is 11.6 Å². The van der Waals surface area contributed by atoms with Crippen molar-refractivity contribution in [1.29, 1.82) is 0 Å². The molecule has 0 bridgehead atoms. The summed E-state index contributed by atoms with van der Waals surface area (Å²) >= 11 is 1.55. The van der Waals surface area contributed by atoms with Gasteiger partial charge in [-0.1, -0.05) is 13.8 Å². The molecule has 1 rings (SSSR count). The lowest BCUT2D eigenvalue weighted by Gasteiger charge is -2.14. The molecule has 0 atom stereocenters. The largest absolute Gasteiger partial charge is 0.381 e. The van der Waals surface area contributed by atoms with Gasteiger partial charge in [-0.2, -0.15) is 0 Å². The van der Waals surface area contributed by atoms with Crippen LogP contribution in [0.3, 0.4) is 0 Å². The highest BCUT2D eigenvalue weighted by Crippen LogP contribution is 2.13. The van der Waals surface area contributed by atoms with Gasteiger partial charge in [0.1, 0.15) is 6.54 Å². The van der Waals surface area contributed by atoms with Gasteiger partial charge in [-0.3, -0.25) is 9.59 Å². The predicted octanol–water partition coefficient (Wildman–Crippen LogP) is 0.698. The second-order valence-electron chi connectivity index (χ2n) is 4.74. The molecular formula is C12H22N2O3S. The minimum Gasteiger partial charge on any atom is -0.381 e. The third kappa shape index (κ3) is 6.26. The molecule has 0 aromatic rings. The van der Waals surface area contributed by atoms with E-state index in [2.05, 4.69) is 19.2 Å². The maximum Gasteiger partial charge on any atom is 0.239 e. The van der Waals surface area contributed by atoms with Gasteiger partial charge in [0.15, 0.2) is 0 Å². The third-order valence-electron chi connectivity index (χ3n) is 2.40. The molecule has 1 N–H and O–H groups in total. The Kier molecular flexibility index (Phi) is 7.12. The van der Waals surface area contributed by atoms with Gasteiger partial charge < -0.3 is 15.0 Å². The van der Waals surface area contributed by atoms with Crippen LogP contribution in [0.2, 0.25) is 0 Å². The molecule has 0 radical (unpaired) electrons. The van der Waals surface area contributed by atoms with Crippen molar-refractivity contribution in [2.24, 2.45) is 5.92 Å². The van der Waals surface area contributed by atoms with Crippen molar-refractivity contribution in [1.82, 2.24) is 10.2 Å². The fraction of sp³-hybridized carbons (Fsp3) is 0.833. The van der Waals surface area contributed by atoms with E-state index in [-0.39, 0.29) is 18.4 Å². The zero-order valence-corrected chi connectivity index (χ0v) is 11.9. The Bertz CT molecular complexity index is 284. The van der Waals surface area contributed by atoms with Crippen molar-refractivity contribution in [2.75, 3.05) is 37.9 Å². The summed E-state index contributed by atoms with van der Waals surface area (Å²) in [5, 5.41) is 2.80. The maximum atomic E-state index is 11.5. The predicted molar refractivity (Wildman–Crippen MR) is 72.3 cm³/mol. The van der Waals surface area contributed by atoms with Crippen LogP contribution in [0.15, 0.2) is 0 Å². The molecule has 1 aliphatic rings. The van der Waals surface area contributed by atoms with Crippen LogP contribution in [-0.4, -0.2) is 54.6 Å². The summed E-state index contributed by atoms with van der Waals surface area (Å²) in [6, 6.07) is 0. The van der Waals surface area contributed by atoms with Gasteiger partial charge in [0.25, 0.3) is 0 Å². The average Bonchev–Trinajstić information content (AvgIpc) is 2.69. The highest BCUT2D eigenvalue weighted by atomic mass is 32.2. The number of nitrogens with one attached hydrogen (secondary N) is 1. The van der Waals surface area contributed by atoms with E-state index in [4.69, 9.17) is 4.74 Å². The molecule has 1 saturated heterocycles. The molecule has 104 valence electrons. The first-order chi connectivity index (χ1) is 8.59.